The molecule has 0 amide bonds. The third kappa shape index (κ3) is 7.51. The molecule has 2 fully saturated rings. The molecular formula is C19H39N3O. The SMILES string of the molecule is CC(C)CCCOCCNCCC(N1CCCC1)N1CCCC1. The Bertz CT molecular complexity index is 270. The Hall–Kier alpha value is -0.160. The van der Waals surface area contributed by atoms with Crippen LogP contribution in [0.3, 0.4) is 0 Å². The van der Waals surface area contributed by atoms with Crippen LogP contribution in [0.5, 0.6) is 0 Å². The predicted molar refractivity (Wildman–Crippen MR) is 97.8 cm³/mol. The van der Waals surface area contributed by atoms with Gasteiger partial charge in [0.25, 0.3) is 0 Å². The van der Waals surface area contributed by atoms with Crippen LogP contribution in [0.15, 0.2) is 0 Å². The van der Waals surface area contributed by atoms with Gasteiger partial charge in [0.2, 0.25) is 0 Å². The lowest BCUT2D eigenvalue weighted by Gasteiger charge is -2.35. The lowest BCUT2D eigenvalue weighted by Crippen LogP contribution is -2.47. The molecule has 136 valence electrons. The first-order valence-electron chi connectivity index (χ1n) is 10.0. The average Bonchev–Trinajstić information content (AvgIpc) is 3.22. The largest absolute Gasteiger partial charge is 0.380 e. The molecule has 2 rings (SSSR count). The number of hydrogen-bond acceptors (Lipinski definition) is 4. The number of ether oxygens (including phenoxy) is 1. The third-order valence-corrected chi connectivity index (χ3v) is 5.20. The van der Waals surface area contributed by atoms with Gasteiger partial charge < -0.3 is 10.1 Å². The standard InChI is InChI=1S/C19H39N3O/c1-18(2)8-7-16-23-17-11-20-10-9-19(21-12-3-4-13-21)22-14-5-6-15-22/h18-20H,3-17H2,1-2H3. The van der Waals surface area contributed by atoms with Crippen molar-refractivity contribution in [1.82, 2.24) is 15.1 Å². The van der Waals surface area contributed by atoms with Crippen molar-refractivity contribution in [3.8, 4) is 0 Å². The summed E-state index contributed by atoms with van der Waals surface area (Å²) in [5.74, 6) is 0.796. The van der Waals surface area contributed by atoms with Gasteiger partial charge in [-0.2, -0.15) is 0 Å². The van der Waals surface area contributed by atoms with E-state index < -0.39 is 0 Å². The van der Waals surface area contributed by atoms with Gasteiger partial charge in [-0.25, -0.2) is 0 Å². The van der Waals surface area contributed by atoms with Crippen LogP contribution in [0.1, 0.15) is 58.8 Å². The molecule has 0 bridgehead atoms. The minimum atomic E-state index is 0.680. The molecule has 23 heavy (non-hydrogen) atoms. The topological polar surface area (TPSA) is 27.7 Å². The van der Waals surface area contributed by atoms with Crippen LogP contribution in [0.4, 0.5) is 0 Å². The smallest absolute Gasteiger partial charge is 0.0634 e. The first-order chi connectivity index (χ1) is 11.3. The van der Waals surface area contributed by atoms with E-state index in [1.54, 1.807) is 0 Å². The predicted octanol–water partition coefficient (Wildman–Crippen LogP) is 2.94. The first kappa shape index (κ1) is 19.2. The molecule has 0 aromatic carbocycles. The molecule has 0 aromatic heterocycles. The molecule has 2 heterocycles. The van der Waals surface area contributed by atoms with Crippen molar-refractivity contribution in [3.05, 3.63) is 0 Å². The number of likely N-dealkylation sites (tertiary alicyclic amines) is 2. The molecule has 4 nitrogen and oxygen atoms in total. The van der Waals surface area contributed by atoms with E-state index >= 15 is 0 Å². The number of nitrogens with one attached hydrogen (secondary N) is 1. The second kappa shape index (κ2) is 11.4. The van der Waals surface area contributed by atoms with Crippen LogP contribution < -0.4 is 5.32 Å². The fourth-order valence-electron chi connectivity index (χ4n) is 3.87. The molecule has 0 atom stereocenters. The van der Waals surface area contributed by atoms with Gasteiger partial charge in [0.05, 0.1) is 12.8 Å². The zero-order valence-electron chi connectivity index (χ0n) is 15.6. The van der Waals surface area contributed by atoms with Crippen molar-refractivity contribution in [2.45, 2.75) is 65.0 Å². The molecule has 0 spiro atoms. The Morgan fingerprint density at radius 1 is 0.826 bits per heavy atom. The van der Waals surface area contributed by atoms with E-state index in [0.717, 1.165) is 32.2 Å². The van der Waals surface area contributed by atoms with Gasteiger partial charge in [0.1, 0.15) is 0 Å². The maximum atomic E-state index is 5.71. The van der Waals surface area contributed by atoms with Gasteiger partial charge in [-0.05, 0) is 83.6 Å². The molecule has 2 saturated heterocycles. The quantitative estimate of drug-likeness (QED) is 0.558. The Labute approximate surface area is 143 Å². The highest BCUT2D eigenvalue weighted by molar-refractivity contribution is 4.81. The summed E-state index contributed by atoms with van der Waals surface area (Å²) in [5, 5.41) is 3.58. The minimum Gasteiger partial charge on any atom is -0.380 e. The minimum absolute atomic E-state index is 0.680. The van der Waals surface area contributed by atoms with Gasteiger partial charge in [-0.15, -0.1) is 0 Å². The van der Waals surface area contributed by atoms with Crippen molar-refractivity contribution in [2.75, 3.05) is 52.5 Å². The van der Waals surface area contributed by atoms with Crippen molar-refractivity contribution in [1.29, 1.82) is 0 Å². The molecule has 2 aliphatic heterocycles. The van der Waals surface area contributed by atoms with Crippen molar-refractivity contribution >= 4 is 0 Å². The van der Waals surface area contributed by atoms with Crippen molar-refractivity contribution in [3.63, 3.8) is 0 Å². The normalized spacial score (nSPS) is 20.3. The summed E-state index contributed by atoms with van der Waals surface area (Å²) in [4.78, 5) is 5.44. The van der Waals surface area contributed by atoms with Gasteiger partial charge in [0.15, 0.2) is 0 Å². The van der Waals surface area contributed by atoms with Crippen LogP contribution >= 0.6 is 0 Å². The van der Waals surface area contributed by atoms with Crippen LogP contribution in [0, 0.1) is 5.92 Å². The summed E-state index contributed by atoms with van der Waals surface area (Å²) in [6.07, 6.45) is 9.98. The Kier molecular flexibility index (Phi) is 9.50. The highest BCUT2D eigenvalue weighted by Crippen LogP contribution is 2.21. The highest BCUT2D eigenvalue weighted by atomic mass is 16.5. The van der Waals surface area contributed by atoms with Crippen LogP contribution in [0.25, 0.3) is 0 Å². The van der Waals surface area contributed by atoms with Gasteiger partial charge in [-0.1, -0.05) is 13.8 Å². The summed E-state index contributed by atoms with van der Waals surface area (Å²) >= 11 is 0. The lowest BCUT2D eigenvalue weighted by molar-refractivity contribution is 0.0710. The molecular weight excluding hydrogens is 286 g/mol. The maximum Gasteiger partial charge on any atom is 0.0634 e. The Morgan fingerprint density at radius 3 is 2.00 bits per heavy atom. The fraction of sp³-hybridized carbons (Fsp3) is 1.00. The van der Waals surface area contributed by atoms with Gasteiger partial charge in [0, 0.05) is 13.2 Å². The second-order valence-electron chi connectivity index (χ2n) is 7.65. The van der Waals surface area contributed by atoms with E-state index in [-0.39, 0.29) is 0 Å². The Morgan fingerprint density at radius 2 is 1.43 bits per heavy atom. The van der Waals surface area contributed by atoms with Crippen LogP contribution in [-0.2, 0) is 4.74 Å². The summed E-state index contributed by atoms with van der Waals surface area (Å²) in [6, 6.07) is 0. The summed E-state index contributed by atoms with van der Waals surface area (Å²) in [5.41, 5.74) is 0. The summed E-state index contributed by atoms with van der Waals surface area (Å²) < 4.78 is 5.71. The molecule has 4 heteroatoms. The molecule has 0 aromatic rings. The Balaban J connectivity index is 1.52. The molecule has 0 aliphatic carbocycles. The van der Waals surface area contributed by atoms with E-state index in [4.69, 9.17) is 4.74 Å². The van der Waals surface area contributed by atoms with Crippen molar-refractivity contribution in [2.24, 2.45) is 5.92 Å². The highest BCUT2D eigenvalue weighted by Gasteiger charge is 2.28. The molecule has 0 unspecified atom stereocenters. The summed E-state index contributed by atoms with van der Waals surface area (Å²) in [7, 11) is 0. The van der Waals surface area contributed by atoms with E-state index in [1.165, 1.54) is 71.1 Å². The maximum absolute atomic E-state index is 5.71. The number of nitrogens with zero attached hydrogens (tertiary/aromatic N) is 2. The van der Waals surface area contributed by atoms with E-state index in [2.05, 4.69) is 29.0 Å². The van der Waals surface area contributed by atoms with Crippen molar-refractivity contribution < 1.29 is 4.74 Å². The monoisotopic (exact) mass is 325 g/mol. The zero-order valence-corrected chi connectivity index (χ0v) is 15.6. The fourth-order valence-corrected chi connectivity index (χ4v) is 3.87. The van der Waals surface area contributed by atoms with E-state index in [1.807, 2.05) is 0 Å². The van der Waals surface area contributed by atoms with Crippen LogP contribution in [-0.4, -0.2) is 68.4 Å². The molecule has 0 radical (unpaired) electrons. The number of hydrogen-bond donors (Lipinski definition) is 1. The zero-order chi connectivity index (χ0) is 16.3. The van der Waals surface area contributed by atoms with E-state index in [9.17, 15) is 0 Å². The third-order valence-electron chi connectivity index (χ3n) is 5.20. The van der Waals surface area contributed by atoms with Gasteiger partial charge in [-0.3, -0.25) is 9.80 Å². The lowest BCUT2D eigenvalue weighted by atomic mass is 10.1. The average molecular weight is 326 g/mol. The first-order valence-corrected chi connectivity index (χ1v) is 10.0. The van der Waals surface area contributed by atoms with Crippen LogP contribution in [0.2, 0.25) is 0 Å². The summed E-state index contributed by atoms with van der Waals surface area (Å²) in [6.45, 7) is 13.7. The van der Waals surface area contributed by atoms with Gasteiger partial charge >= 0.3 is 0 Å². The number of rotatable bonds is 12. The molecule has 1 N–H and O–H groups in total. The van der Waals surface area contributed by atoms with E-state index in [0.29, 0.717) is 6.17 Å². The molecule has 2 aliphatic rings. The molecule has 0 saturated carbocycles. The second-order valence-corrected chi connectivity index (χ2v) is 7.65.